The zero-order valence-electron chi connectivity index (χ0n) is 11.0. The van der Waals surface area contributed by atoms with Gasteiger partial charge in [-0.05, 0) is 24.3 Å². The first kappa shape index (κ1) is 15.3. The Hall–Kier alpha value is -1.75. The van der Waals surface area contributed by atoms with Gasteiger partial charge in [0.2, 0.25) is 5.91 Å². The van der Waals surface area contributed by atoms with E-state index in [1.807, 2.05) is 4.90 Å². The van der Waals surface area contributed by atoms with E-state index in [1.165, 1.54) is 0 Å². The first-order chi connectivity index (χ1) is 9.13. The molecule has 1 aliphatic heterocycles. The highest BCUT2D eigenvalue weighted by Gasteiger charge is 2.28. The van der Waals surface area contributed by atoms with Crippen molar-refractivity contribution in [3.8, 4) is 0 Å². The molecule has 0 bridgehead atoms. The molecule has 0 spiro atoms. The van der Waals surface area contributed by atoms with Gasteiger partial charge in [0, 0.05) is 37.4 Å². The number of likely N-dealkylation sites (tertiary alicyclic amines) is 1. The Balaban J connectivity index is 2.11. The van der Waals surface area contributed by atoms with Crippen LogP contribution in [0.15, 0.2) is 5.11 Å². The summed E-state index contributed by atoms with van der Waals surface area (Å²) in [4.78, 5) is 26.5. The summed E-state index contributed by atoms with van der Waals surface area (Å²) in [5.41, 5.74) is 8.24. The second-order valence-corrected chi connectivity index (χ2v) is 4.88. The molecule has 1 atom stereocenters. The summed E-state index contributed by atoms with van der Waals surface area (Å²) >= 11 is 0. The van der Waals surface area contributed by atoms with Gasteiger partial charge in [0.15, 0.2) is 0 Å². The van der Waals surface area contributed by atoms with E-state index in [1.54, 1.807) is 0 Å². The van der Waals surface area contributed by atoms with Crippen molar-refractivity contribution in [3.05, 3.63) is 10.4 Å². The van der Waals surface area contributed by atoms with Crippen molar-refractivity contribution in [1.29, 1.82) is 0 Å². The number of amides is 1. The monoisotopic (exact) mass is 268 g/mol. The van der Waals surface area contributed by atoms with E-state index in [-0.39, 0.29) is 18.2 Å². The van der Waals surface area contributed by atoms with Gasteiger partial charge in [0.1, 0.15) is 0 Å². The maximum absolute atomic E-state index is 11.7. The number of aliphatic carboxylic acids is 1. The lowest BCUT2D eigenvalue weighted by Crippen LogP contribution is -2.26. The fourth-order valence-corrected chi connectivity index (χ4v) is 2.28. The molecule has 1 saturated heterocycles. The summed E-state index contributed by atoms with van der Waals surface area (Å²) in [6.45, 7) is 1.78. The van der Waals surface area contributed by atoms with Crippen LogP contribution in [0.5, 0.6) is 0 Å². The predicted octanol–water partition coefficient (Wildman–Crippen LogP) is 2.18. The molecule has 0 aromatic carbocycles. The van der Waals surface area contributed by atoms with Crippen molar-refractivity contribution >= 4 is 11.9 Å². The maximum Gasteiger partial charge on any atom is 0.303 e. The molecule has 1 unspecified atom stereocenters. The molecule has 0 aromatic heterocycles. The third-order valence-electron chi connectivity index (χ3n) is 3.27. The van der Waals surface area contributed by atoms with E-state index >= 15 is 0 Å². The number of azide groups is 1. The Labute approximate surface area is 112 Å². The third kappa shape index (κ3) is 6.10. The van der Waals surface area contributed by atoms with Crippen LogP contribution in [0.25, 0.3) is 10.4 Å². The lowest BCUT2D eigenvalue weighted by molar-refractivity contribution is -0.137. The summed E-state index contributed by atoms with van der Waals surface area (Å²) in [7, 11) is 0. The van der Waals surface area contributed by atoms with Gasteiger partial charge in [-0.15, -0.1) is 0 Å². The van der Waals surface area contributed by atoms with Crippen molar-refractivity contribution < 1.29 is 14.7 Å². The minimum Gasteiger partial charge on any atom is -0.481 e. The summed E-state index contributed by atoms with van der Waals surface area (Å²) in [5.74, 6) is -0.477. The number of hydrogen-bond acceptors (Lipinski definition) is 3. The molecule has 7 heteroatoms. The first-order valence-electron chi connectivity index (χ1n) is 6.64. The van der Waals surface area contributed by atoms with Gasteiger partial charge in [-0.2, -0.15) is 0 Å². The van der Waals surface area contributed by atoms with Crippen LogP contribution in [-0.4, -0.2) is 41.5 Å². The largest absolute Gasteiger partial charge is 0.481 e. The summed E-state index contributed by atoms with van der Waals surface area (Å²) in [5, 5.41) is 12.0. The Morgan fingerprint density at radius 1 is 1.42 bits per heavy atom. The normalized spacial score (nSPS) is 18.4. The average molecular weight is 268 g/mol. The molecular formula is C12H20N4O3. The topological polar surface area (TPSA) is 106 Å². The number of unbranched alkanes of at least 4 members (excludes halogenated alkanes) is 3. The molecule has 0 radical (unpaired) electrons. The van der Waals surface area contributed by atoms with E-state index in [0.29, 0.717) is 25.9 Å². The van der Waals surface area contributed by atoms with Crippen LogP contribution in [0.3, 0.4) is 0 Å². The van der Waals surface area contributed by atoms with E-state index in [0.717, 1.165) is 25.8 Å². The van der Waals surface area contributed by atoms with Gasteiger partial charge in [0.25, 0.3) is 0 Å². The summed E-state index contributed by atoms with van der Waals surface area (Å²) in [6, 6.07) is 0. The van der Waals surface area contributed by atoms with Crippen LogP contribution < -0.4 is 0 Å². The standard InChI is InChI=1S/C12H20N4O3/c13-15-14-8-10-7-11(17)16(9-10)6-4-2-1-3-5-12(18)19/h10H,1-9H2,(H,18,19). The fraction of sp³-hybridized carbons (Fsp3) is 0.833. The molecule has 1 N–H and O–H groups in total. The zero-order valence-corrected chi connectivity index (χ0v) is 11.0. The number of carbonyl (C=O) groups is 2. The Morgan fingerprint density at radius 3 is 2.84 bits per heavy atom. The third-order valence-corrected chi connectivity index (χ3v) is 3.27. The highest BCUT2D eigenvalue weighted by molar-refractivity contribution is 5.78. The van der Waals surface area contributed by atoms with Crippen molar-refractivity contribution in [2.45, 2.75) is 38.5 Å². The second kappa shape index (κ2) is 8.37. The van der Waals surface area contributed by atoms with Crippen molar-refractivity contribution in [3.63, 3.8) is 0 Å². The number of hydrogen-bond donors (Lipinski definition) is 1. The highest BCUT2D eigenvalue weighted by Crippen LogP contribution is 2.19. The van der Waals surface area contributed by atoms with Crippen LogP contribution in [0.1, 0.15) is 38.5 Å². The predicted molar refractivity (Wildman–Crippen MR) is 69.4 cm³/mol. The van der Waals surface area contributed by atoms with Gasteiger partial charge in [0.05, 0.1) is 0 Å². The van der Waals surface area contributed by atoms with E-state index < -0.39 is 5.97 Å². The molecule has 19 heavy (non-hydrogen) atoms. The van der Waals surface area contributed by atoms with Gasteiger partial charge in [-0.3, -0.25) is 9.59 Å². The Bertz CT molecular complexity index is 366. The molecule has 0 aliphatic carbocycles. The van der Waals surface area contributed by atoms with Crippen LogP contribution in [-0.2, 0) is 9.59 Å². The molecule has 1 amide bonds. The van der Waals surface area contributed by atoms with Crippen molar-refractivity contribution in [2.75, 3.05) is 19.6 Å². The Kier molecular flexibility index (Phi) is 6.74. The molecule has 0 aromatic rings. The van der Waals surface area contributed by atoms with Gasteiger partial charge < -0.3 is 10.0 Å². The number of nitrogens with zero attached hydrogens (tertiary/aromatic N) is 4. The minimum absolute atomic E-state index is 0.128. The summed E-state index contributed by atoms with van der Waals surface area (Å²) < 4.78 is 0. The molecule has 1 fully saturated rings. The molecule has 0 saturated carbocycles. The van der Waals surface area contributed by atoms with Crippen LogP contribution in [0.2, 0.25) is 0 Å². The van der Waals surface area contributed by atoms with Crippen molar-refractivity contribution in [1.82, 2.24) is 4.90 Å². The van der Waals surface area contributed by atoms with Crippen LogP contribution in [0.4, 0.5) is 0 Å². The summed E-state index contributed by atoms with van der Waals surface area (Å²) in [6.07, 6.45) is 4.12. The van der Waals surface area contributed by atoms with Gasteiger partial charge in [-0.25, -0.2) is 0 Å². The molecular weight excluding hydrogens is 248 g/mol. The maximum atomic E-state index is 11.7. The smallest absolute Gasteiger partial charge is 0.303 e. The number of carboxylic acid groups (broad SMARTS) is 1. The first-order valence-corrected chi connectivity index (χ1v) is 6.64. The number of rotatable bonds is 9. The number of carbonyl (C=O) groups excluding carboxylic acids is 1. The molecule has 1 aliphatic rings. The van der Waals surface area contributed by atoms with Gasteiger partial charge in [-0.1, -0.05) is 18.0 Å². The second-order valence-electron chi connectivity index (χ2n) is 4.88. The van der Waals surface area contributed by atoms with Crippen molar-refractivity contribution in [2.24, 2.45) is 11.0 Å². The molecule has 1 rings (SSSR count). The van der Waals surface area contributed by atoms with E-state index in [2.05, 4.69) is 10.0 Å². The van der Waals surface area contributed by atoms with E-state index in [9.17, 15) is 9.59 Å². The Morgan fingerprint density at radius 2 is 2.16 bits per heavy atom. The molecule has 7 nitrogen and oxygen atoms in total. The fourth-order valence-electron chi connectivity index (χ4n) is 2.28. The van der Waals surface area contributed by atoms with Crippen LogP contribution >= 0.6 is 0 Å². The lowest BCUT2D eigenvalue weighted by Gasteiger charge is -2.15. The quantitative estimate of drug-likeness (QED) is 0.299. The lowest BCUT2D eigenvalue weighted by atomic mass is 10.1. The molecule has 106 valence electrons. The number of carboxylic acids is 1. The van der Waals surface area contributed by atoms with Crippen LogP contribution in [0, 0.1) is 5.92 Å². The average Bonchev–Trinajstić information content (AvgIpc) is 2.71. The van der Waals surface area contributed by atoms with Gasteiger partial charge >= 0.3 is 5.97 Å². The van der Waals surface area contributed by atoms with E-state index in [4.69, 9.17) is 10.6 Å². The SMILES string of the molecule is [N-]=[N+]=NCC1CC(=O)N(CCCCCCC(=O)O)C1. The zero-order chi connectivity index (χ0) is 14.1. The highest BCUT2D eigenvalue weighted by atomic mass is 16.4. The minimum atomic E-state index is -0.754. The molecule has 1 heterocycles.